The molecule has 30 heavy (non-hydrogen) atoms. The number of nitrogens with zero attached hydrogens (tertiary/aromatic N) is 3. The van der Waals surface area contributed by atoms with Gasteiger partial charge in [0.15, 0.2) is 11.5 Å². The zero-order chi connectivity index (χ0) is 20.2. The molecule has 0 fully saturated rings. The van der Waals surface area contributed by atoms with Gasteiger partial charge in [-0.05, 0) is 29.8 Å². The molecule has 3 heterocycles. The normalized spacial score (nSPS) is 11.9. The van der Waals surface area contributed by atoms with Crippen molar-refractivity contribution in [1.82, 2.24) is 15.0 Å². The molecule has 0 saturated carbocycles. The van der Waals surface area contributed by atoms with Crippen LogP contribution in [-0.2, 0) is 6.54 Å². The van der Waals surface area contributed by atoms with Crippen LogP contribution in [0.25, 0.3) is 11.3 Å². The van der Waals surface area contributed by atoms with Gasteiger partial charge in [-0.2, -0.15) is 4.98 Å². The smallest absolute Gasteiger partial charge is 0.231 e. The third-order valence-electron chi connectivity index (χ3n) is 4.65. The SMILES string of the molecule is c1ccc(-c2cc(NCc3ccncc3)nc(Nc3ccc4c(c3)OCO4)n2)cc1. The van der Waals surface area contributed by atoms with Crippen LogP contribution >= 0.6 is 0 Å². The molecule has 2 N–H and O–H groups in total. The highest BCUT2D eigenvalue weighted by Crippen LogP contribution is 2.35. The van der Waals surface area contributed by atoms with Crippen LogP contribution in [0.15, 0.2) is 79.1 Å². The fourth-order valence-electron chi connectivity index (χ4n) is 3.15. The highest BCUT2D eigenvalue weighted by atomic mass is 16.7. The van der Waals surface area contributed by atoms with Gasteiger partial charge in [0.05, 0.1) is 5.69 Å². The maximum atomic E-state index is 5.46. The molecule has 1 aliphatic heterocycles. The Morgan fingerprint density at radius 3 is 2.53 bits per heavy atom. The van der Waals surface area contributed by atoms with Crippen LogP contribution in [0.2, 0.25) is 0 Å². The standard InChI is InChI=1S/C23H19N5O2/c1-2-4-17(5-3-1)19-13-22(25-14-16-8-10-24-11-9-16)28-23(27-19)26-18-6-7-20-21(12-18)30-15-29-20/h1-13H,14-15H2,(H2,25,26,27,28). The quantitative estimate of drug-likeness (QED) is 0.491. The van der Waals surface area contributed by atoms with E-state index in [1.54, 1.807) is 12.4 Å². The summed E-state index contributed by atoms with van der Waals surface area (Å²) in [5, 5.41) is 6.65. The molecule has 0 amide bonds. The lowest BCUT2D eigenvalue weighted by Crippen LogP contribution is -2.05. The summed E-state index contributed by atoms with van der Waals surface area (Å²) in [7, 11) is 0. The van der Waals surface area contributed by atoms with Crippen molar-refractivity contribution >= 4 is 17.5 Å². The highest BCUT2D eigenvalue weighted by Gasteiger charge is 2.14. The minimum absolute atomic E-state index is 0.238. The van der Waals surface area contributed by atoms with Crippen molar-refractivity contribution in [3.63, 3.8) is 0 Å². The molecule has 0 saturated heterocycles. The van der Waals surface area contributed by atoms with E-state index in [1.165, 1.54) is 0 Å². The highest BCUT2D eigenvalue weighted by molar-refractivity contribution is 5.67. The Balaban J connectivity index is 1.44. The number of hydrogen-bond acceptors (Lipinski definition) is 7. The van der Waals surface area contributed by atoms with E-state index in [9.17, 15) is 0 Å². The average molecular weight is 397 g/mol. The molecule has 0 unspecified atom stereocenters. The molecule has 4 aromatic rings. The number of ether oxygens (including phenoxy) is 2. The molecule has 5 rings (SSSR count). The van der Waals surface area contributed by atoms with E-state index >= 15 is 0 Å². The Labute approximate surface area is 173 Å². The first-order valence-electron chi connectivity index (χ1n) is 9.57. The predicted molar refractivity (Wildman–Crippen MR) is 115 cm³/mol. The third kappa shape index (κ3) is 4.00. The number of nitrogens with one attached hydrogen (secondary N) is 2. The van der Waals surface area contributed by atoms with Gasteiger partial charge in [-0.25, -0.2) is 4.98 Å². The summed E-state index contributed by atoms with van der Waals surface area (Å²) in [5.41, 5.74) is 3.78. The Morgan fingerprint density at radius 1 is 0.833 bits per heavy atom. The Bertz CT molecular complexity index is 1150. The van der Waals surface area contributed by atoms with E-state index in [2.05, 4.69) is 20.6 Å². The van der Waals surface area contributed by atoms with Crippen molar-refractivity contribution < 1.29 is 9.47 Å². The van der Waals surface area contributed by atoms with Crippen molar-refractivity contribution in [2.24, 2.45) is 0 Å². The summed E-state index contributed by atoms with van der Waals surface area (Å²) >= 11 is 0. The minimum atomic E-state index is 0.238. The lowest BCUT2D eigenvalue weighted by atomic mass is 10.1. The number of anilines is 3. The molecule has 7 nitrogen and oxygen atoms in total. The molecule has 1 aliphatic rings. The van der Waals surface area contributed by atoms with Crippen LogP contribution in [0, 0.1) is 0 Å². The van der Waals surface area contributed by atoms with Crippen molar-refractivity contribution in [2.45, 2.75) is 6.54 Å². The minimum Gasteiger partial charge on any atom is -0.454 e. The van der Waals surface area contributed by atoms with Gasteiger partial charge in [-0.3, -0.25) is 4.98 Å². The molecule has 2 aromatic heterocycles. The van der Waals surface area contributed by atoms with E-state index in [-0.39, 0.29) is 6.79 Å². The first-order valence-corrected chi connectivity index (χ1v) is 9.57. The van der Waals surface area contributed by atoms with Gasteiger partial charge in [0.25, 0.3) is 0 Å². The first-order chi connectivity index (χ1) is 14.8. The zero-order valence-electron chi connectivity index (χ0n) is 16.1. The summed E-state index contributed by atoms with van der Waals surface area (Å²) < 4.78 is 10.8. The Morgan fingerprint density at radius 2 is 1.67 bits per heavy atom. The molecule has 0 radical (unpaired) electrons. The number of benzene rings is 2. The van der Waals surface area contributed by atoms with Crippen LogP contribution < -0.4 is 20.1 Å². The third-order valence-corrected chi connectivity index (χ3v) is 4.65. The molecule has 0 atom stereocenters. The maximum absolute atomic E-state index is 5.46. The Kier molecular flexibility index (Phi) is 4.83. The van der Waals surface area contributed by atoms with E-state index in [0.717, 1.165) is 34.1 Å². The van der Waals surface area contributed by atoms with E-state index in [1.807, 2.05) is 66.7 Å². The van der Waals surface area contributed by atoms with Crippen LogP contribution in [0.3, 0.4) is 0 Å². The van der Waals surface area contributed by atoms with Crippen molar-refractivity contribution in [2.75, 3.05) is 17.4 Å². The van der Waals surface area contributed by atoms with Crippen LogP contribution in [-0.4, -0.2) is 21.7 Å². The Hall–Kier alpha value is -4.13. The fraction of sp³-hybridized carbons (Fsp3) is 0.0870. The number of fused-ring (bicyclic) bond motifs is 1. The second-order valence-electron chi connectivity index (χ2n) is 6.73. The average Bonchev–Trinajstić information content (AvgIpc) is 3.27. The topological polar surface area (TPSA) is 81.2 Å². The summed E-state index contributed by atoms with van der Waals surface area (Å²) in [6, 6.07) is 21.6. The molecule has 148 valence electrons. The summed E-state index contributed by atoms with van der Waals surface area (Å²) in [6.45, 7) is 0.874. The molecule has 0 aliphatic carbocycles. The fourth-order valence-corrected chi connectivity index (χ4v) is 3.15. The van der Waals surface area contributed by atoms with Crippen molar-refractivity contribution in [1.29, 1.82) is 0 Å². The molecule has 2 aromatic carbocycles. The molecule has 7 heteroatoms. The zero-order valence-corrected chi connectivity index (χ0v) is 16.1. The molecular formula is C23H19N5O2. The van der Waals surface area contributed by atoms with Crippen LogP contribution in [0.5, 0.6) is 11.5 Å². The second-order valence-corrected chi connectivity index (χ2v) is 6.73. The van der Waals surface area contributed by atoms with Crippen LogP contribution in [0.1, 0.15) is 5.56 Å². The second kappa shape index (κ2) is 8.08. The van der Waals surface area contributed by atoms with Gasteiger partial charge in [0, 0.05) is 42.3 Å². The molecular weight excluding hydrogens is 378 g/mol. The lowest BCUT2D eigenvalue weighted by Gasteiger charge is -2.12. The van der Waals surface area contributed by atoms with Gasteiger partial charge in [0.2, 0.25) is 12.7 Å². The number of rotatable bonds is 6. The first kappa shape index (κ1) is 17.9. The van der Waals surface area contributed by atoms with Gasteiger partial charge < -0.3 is 20.1 Å². The molecule has 0 spiro atoms. The van der Waals surface area contributed by atoms with Crippen LogP contribution in [0.4, 0.5) is 17.5 Å². The van der Waals surface area contributed by atoms with E-state index < -0.39 is 0 Å². The van der Waals surface area contributed by atoms with Gasteiger partial charge in [-0.15, -0.1) is 0 Å². The van der Waals surface area contributed by atoms with E-state index in [0.29, 0.717) is 18.2 Å². The number of aromatic nitrogens is 3. The van der Waals surface area contributed by atoms with Gasteiger partial charge >= 0.3 is 0 Å². The molecule has 0 bridgehead atoms. The number of hydrogen-bond donors (Lipinski definition) is 2. The monoisotopic (exact) mass is 397 g/mol. The largest absolute Gasteiger partial charge is 0.454 e. The van der Waals surface area contributed by atoms with Gasteiger partial charge in [0.1, 0.15) is 5.82 Å². The summed E-state index contributed by atoms with van der Waals surface area (Å²) in [4.78, 5) is 13.4. The lowest BCUT2D eigenvalue weighted by molar-refractivity contribution is 0.174. The van der Waals surface area contributed by atoms with Crippen molar-refractivity contribution in [3.8, 4) is 22.8 Å². The van der Waals surface area contributed by atoms with Crippen molar-refractivity contribution in [3.05, 3.63) is 84.7 Å². The number of pyridine rings is 1. The van der Waals surface area contributed by atoms with Gasteiger partial charge in [-0.1, -0.05) is 30.3 Å². The summed E-state index contributed by atoms with van der Waals surface area (Å²) in [6.07, 6.45) is 3.55. The summed E-state index contributed by atoms with van der Waals surface area (Å²) in [5.74, 6) is 2.66. The predicted octanol–water partition coefficient (Wildman–Crippen LogP) is 4.62. The van der Waals surface area contributed by atoms with E-state index in [4.69, 9.17) is 14.5 Å². The maximum Gasteiger partial charge on any atom is 0.231 e.